The van der Waals surface area contributed by atoms with Crippen LogP contribution in [0.25, 0.3) is 0 Å². The van der Waals surface area contributed by atoms with Crippen LogP contribution in [-0.4, -0.2) is 18.1 Å². The number of anilines is 3. The highest BCUT2D eigenvalue weighted by Gasteiger charge is 2.19. The van der Waals surface area contributed by atoms with Crippen molar-refractivity contribution in [2.45, 2.75) is 0 Å². The van der Waals surface area contributed by atoms with E-state index < -0.39 is 5.97 Å². The lowest BCUT2D eigenvalue weighted by atomic mass is 10.2. The molecule has 0 aliphatic carbocycles. The molecule has 0 amide bonds. The molecule has 0 aliphatic heterocycles. The summed E-state index contributed by atoms with van der Waals surface area (Å²) in [7, 11) is 1.27. The fraction of sp³-hybridized carbons (Fsp3) is 0.0769. The van der Waals surface area contributed by atoms with E-state index in [2.05, 4.69) is 26.2 Å². The van der Waals surface area contributed by atoms with Crippen molar-refractivity contribution in [3.05, 3.63) is 44.5 Å². The van der Waals surface area contributed by atoms with Gasteiger partial charge in [0.05, 0.1) is 23.5 Å². The number of hydrogen-bond acceptors (Lipinski definition) is 5. The summed E-state index contributed by atoms with van der Waals surface area (Å²) in [6, 6.07) is 5.24. The number of nitrogens with one attached hydrogen (secondary N) is 1. The molecule has 0 unspecified atom stereocenters. The minimum atomic E-state index is -0.583. The predicted molar refractivity (Wildman–Crippen MR) is 87.4 cm³/mol. The zero-order valence-corrected chi connectivity index (χ0v) is 13.9. The van der Waals surface area contributed by atoms with E-state index in [0.717, 1.165) is 4.47 Å². The van der Waals surface area contributed by atoms with Gasteiger partial charge in [0, 0.05) is 10.7 Å². The molecule has 110 valence electrons. The van der Waals surface area contributed by atoms with Gasteiger partial charge in [-0.3, -0.25) is 0 Å². The average molecular weight is 391 g/mol. The number of carbonyl (C=O) groups is 1. The second kappa shape index (κ2) is 6.51. The van der Waals surface area contributed by atoms with E-state index in [1.54, 1.807) is 18.2 Å². The van der Waals surface area contributed by atoms with Gasteiger partial charge in [0.1, 0.15) is 16.4 Å². The van der Waals surface area contributed by atoms with Crippen molar-refractivity contribution >= 4 is 62.3 Å². The maximum absolute atomic E-state index is 11.8. The van der Waals surface area contributed by atoms with Gasteiger partial charge in [-0.25, -0.2) is 9.78 Å². The molecule has 0 saturated heterocycles. The SMILES string of the molecule is COC(=O)c1cnc(N)c(Cl)c1Nc1ccc(Br)cc1Cl. The fourth-order valence-corrected chi connectivity index (χ4v) is 2.53. The molecule has 1 heterocycles. The number of ether oxygens (including phenoxy) is 1. The van der Waals surface area contributed by atoms with Crippen molar-refractivity contribution in [3.8, 4) is 0 Å². The van der Waals surface area contributed by atoms with Crippen LogP contribution in [0.2, 0.25) is 10.0 Å². The molecule has 1 aromatic carbocycles. The van der Waals surface area contributed by atoms with Crippen LogP contribution in [0.5, 0.6) is 0 Å². The first-order valence-corrected chi connectivity index (χ1v) is 7.23. The van der Waals surface area contributed by atoms with Crippen molar-refractivity contribution in [2.75, 3.05) is 18.2 Å². The highest BCUT2D eigenvalue weighted by atomic mass is 79.9. The molecule has 8 heteroatoms. The highest BCUT2D eigenvalue weighted by molar-refractivity contribution is 9.10. The summed E-state index contributed by atoms with van der Waals surface area (Å²) in [4.78, 5) is 15.6. The smallest absolute Gasteiger partial charge is 0.341 e. The lowest BCUT2D eigenvalue weighted by Gasteiger charge is -2.14. The quantitative estimate of drug-likeness (QED) is 0.765. The Bertz CT molecular complexity index is 710. The molecule has 1 aromatic heterocycles. The first-order chi connectivity index (χ1) is 9.93. The second-order valence-electron chi connectivity index (χ2n) is 3.99. The van der Waals surface area contributed by atoms with Gasteiger partial charge in [-0.15, -0.1) is 0 Å². The third kappa shape index (κ3) is 3.40. The van der Waals surface area contributed by atoms with Gasteiger partial charge in [-0.05, 0) is 18.2 Å². The Balaban J connectivity index is 2.51. The Labute approximate surface area is 139 Å². The number of aromatic nitrogens is 1. The largest absolute Gasteiger partial charge is 0.465 e. The summed E-state index contributed by atoms with van der Waals surface area (Å²) in [6.07, 6.45) is 1.29. The predicted octanol–water partition coefficient (Wildman–Crippen LogP) is 4.26. The van der Waals surface area contributed by atoms with Gasteiger partial charge in [-0.1, -0.05) is 39.1 Å². The third-order valence-electron chi connectivity index (χ3n) is 2.64. The molecule has 0 radical (unpaired) electrons. The van der Waals surface area contributed by atoms with Crippen molar-refractivity contribution in [3.63, 3.8) is 0 Å². The van der Waals surface area contributed by atoms with Gasteiger partial charge in [0.15, 0.2) is 0 Å². The molecule has 5 nitrogen and oxygen atoms in total. The summed E-state index contributed by atoms with van der Waals surface area (Å²) in [5, 5.41) is 3.56. The first-order valence-electron chi connectivity index (χ1n) is 5.68. The van der Waals surface area contributed by atoms with Crippen molar-refractivity contribution in [1.82, 2.24) is 4.98 Å². The molecule has 2 aromatic rings. The van der Waals surface area contributed by atoms with Crippen molar-refractivity contribution in [1.29, 1.82) is 0 Å². The number of pyridine rings is 1. The second-order valence-corrected chi connectivity index (χ2v) is 5.69. The summed E-state index contributed by atoms with van der Waals surface area (Å²) < 4.78 is 5.53. The van der Waals surface area contributed by atoms with Crippen molar-refractivity contribution < 1.29 is 9.53 Å². The molecule has 0 aliphatic rings. The van der Waals surface area contributed by atoms with E-state index in [1.165, 1.54) is 13.3 Å². The van der Waals surface area contributed by atoms with E-state index in [-0.39, 0.29) is 16.4 Å². The average Bonchev–Trinajstić information content (AvgIpc) is 2.45. The number of nitrogen functional groups attached to an aromatic ring is 1. The van der Waals surface area contributed by atoms with Crippen LogP contribution in [0.1, 0.15) is 10.4 Å². The van der Waals surface area contributed by atoms with Gasteiger partial charge in [-0.2, -0.15) is 0 Å². The molecule has 21 heavy (non-hydrogen) atoms. The molecule has 2 rings (SSSR count). The number of nitrogens with zero attached hydrogens (tertiary/aromatic N) is 1. The van der Waals surface area contributed by atoms with Gasteiger partial charge in [0.25, 0.3) is 0 Å². The molecular weight excluding hydrogens is 381 g/mol. The number of nitrogens with two attached hydrogens (primary N) is 1. The van der Waals surface area contributed by atoms with Crippen LogP contribution in [-0.2, 0) is 4.74 Å². The number of rotatable bonds is 3. The van der Waals surface area contributed by atoms with Gasteiger partial charge < -0.3 is 15.8 Å². The van der Waals surface area contributed by atoms with Gasteiger partial charge >= 0.3 is 5.97 Å². The number of halogens is 3. The molecule has 0 spiro atoms. The normalized spacial score (nSPS) is 10.3. The van der Waals surface area contributed by atoms with Gasteiger partial charge in [0.2, 0.25) is 0 Å². The fourth-order valence-electron chi connectivity index (χ4n) is 1.61. The lowest BCUT2D eigenvalue weighted by molar-refractivity contribution is 0.0601. The Morgan fingerprint density at radius 2 is 2.14 bits per heavy atom. The van der Waals surface area contributed by atoms with Crippen LogP contribution < -0.4 is 11.1 Å². The van der Waals surface area contributed by atoms with Crippen LogP contribution >= 0.6 is 39.1 Å². The lowest BCUT2D eigenvalue weighted by Crippen LogP contribution is -2.09. The Morgan fingerprint density at radius 1 is 1.43 bits per heavy atom. The minimum Gasteiger partial charge on any atom is -0.465 e. The summed E-state index contributed by atoms with van der Waals surface area (Å²) in [5.74, 6) is -0.486. The van der Waals surface area contributed by atoms with Crippen LogP contribution in [0.4, 0.5) is 17.2 Å². The first kappa shape index (κ1) is 15.9. The number of methoxy groups -OCH3 is 1. The number of esters is 1. The Hall–Kier alpha value is -1.50. The number of carbonyl (C=O) groups excluding carboxylic acids is 1. The topological polar surface area (TPSA) is 77.2 Å². The van der Waals surface area contributed by atoms with Crippen molar-refractivity contribution in [2.24, 2.45) is 0 Å². The Kier molecular flexibility index (Phi) is 4.92. The van der Waals surface area contributed by atoms with E-state index in [9.17, 15) is 4.79 Å². The van der Waals surface area contributed by atoms with Crippen LogP contribution in [0, 0.1) is 0 Å². The molecule has 0 atom stereocenters. The summed E-state index contributed by atoms with van der Waals surface area (Å²) in [6.45, 7) is 0. The maximum atomic E-state index is 11.8. The zero-order chi connectivity index (χ0) is 15.6. The molecule has 0 bridgehead atoms. The molecule has 0 fully saturated rings. The standard InChI is InChI=1S/C13H10BrCl2N3O2/c1-21-13(20)7-5-18-12(17)10(16)11(7)19-9-3-2-6(14)4-8(9)15/h2-5H,1H3,(H3,17,18,19). The molecular formula is C13H10BrCl2N3O2. The van der Waals surface area contributed by atoms with E-state index >= 15 is 0 Å². The van der Waals surface area contributed by atoms with Crippen LogP contribution in [0.3, 0.4) is 0 Å². The zero-order valence-electron chi connectivity index (χ0n) is 10.8. The maximum Gasteiger partial charge on any atom is 0.341 e. The summed E-state index contributed by atoms with van der Waals surface area (Å²) >= 11 is 15.6. The summed E-state index contributed by atoms with van der Waals surface area (Å²) in [5.41, 5.74) is 6.69. The number of hydrogen-bond donors (Lipinski definition) is 2. The van der Waals surface area contributed by atoms with E-state index in [0.29, 0.717) is 16.4 Å². The minimum absolute atomic E-state index is 0.0973. The van der Waals surface area contributed by atoms with E-state index in [1.807, 2.05) is 0 Å². The Morgan fingerprint density at radius 3 is 2.76 bits per heavy atom. The molecule has 3 N–H and O–H groups in total. The van der Waals surface area contributed by atoms with Crippen LogP contribution in [0.15, 0.2) is 28.9 Å². The number of benzene rings is 1. The monoisotopic (exact) mass is 389 g/mol. The highest BCUT2D eigenvalue weighted by Crippen LogP contribution is 2.35. The molecule has 0 saturated carbocycles. The third-order valence-corrected chi connectivity index (χ3v) is 3.83. The van der Waals surface area contributed by atoms with E-state index in [4.69, 9.17) is 33.7 Å².